The Morgan fingerprint density at radius 1 is 1.21 bits per heavy atom. The summed E-state index contributed by atoms with van der Waals surface area (Å²) in [6.45, 7) is 1.16. The molecule has 0 unspecified atom stereocenters. The Labute approximate surface area is 192 Å². The SMILES string of the molecule is CN(C)CCOc1cc(-c2ccc3c(c2)ncn3C2CCCCC2)c2nc[nH]c2c1C(N)=O. The predicted octanol–water partition coefficient (Wildman–Crippen LogP) is 4.12. The minimum absolute atomic E-state index is 0.327. The molecule has 0 aliphatic heterocycles. The van der Waals surface area contributed by atoms with Crippen LogP contribution < -0.4 is 10.5 Å². The van der Waals surface area contributed by atoms with Crippen molar-refractivity contribution in [3.05, 3.63) is 42.5 Å². The van der Waals surface area contributed by atoms with Gasteiger partial charge in [0, 0.05) is 18.2 Å². The maximum Gasteiger partial charge on any atom is 0.254 e. The standard InChI is InChI=1S/C25H30N6O2/c1-30(2)10-11-33-21-13-18(23-24(28-14-27-23)22(21)25(26)32)16-8-9-20-19(12-16)29-15-31(20)17-6-4-3-5-7-17/h8-9,12-15,17H,3-7,10-11H2,1-2H3,(H2,26,32)(H,27,28). The number of fused-ring (bicyclic) bond motifs is 2. The molecule has 4 aromatic rings. The van der Waals surface area contributed by atoms with Crippen LogP contribution in [0.3, 0.4) is 0 Å². The van der Waals surface area contributed by atoms with Gasteiger partial charge >= 0.3 is 0 Å². The summed E-state index contributed by atoms with van der Waals surface area (Å²) >= 11 is 0. The molecule has 1 saturated carbocycles. The Kier molecular flexibility index (Phi) is 5.76. The first-order valence-electron chi connectivity index (χ1n) is 11.6. The molecular formula is C25H30N6O2. The smallest absolute Gasteiger partial charge is 0.254 e. The molecule has 0 saturated heterocycles. The zero-order chi connectivity index (χ0) is 22.9. The van der Waals surface area contributed by atoms with Crippen molar-refractivity contribution in [3.8, 4) is 16.9 Å². The molecule has 8 heteroatoms. The van der Waals surface area contributed by atoms with Crippen molar-refractivity contribution in [1.82, 2.24) is 24.4 Å². The summed E-state index contributed by atoms with van der Waals surface area (Å²) < 4.78 is 8.34. The van der Waals surface area contributed by atoms with E-state index in [2.05, 4.69) is 32.7 Å². The highest BCUT2D eigenvalue weighted by atomic mass is 16.5. The van der Waals surface area contributed by atoms with Gasteiger partial charge < -0.3 is 24.9 Å². The van der Waals surface area contributed by atoms with Crippen LogP contribution in [0.2, 0.25) is 0 Å². The topological polar surface area (TPSA) is 102 Å². The lowest BCUT2D eigenvalue weighted by Gasteiger charge is -2.23. The van der Waals surface area contributed by atoms with E-state index in [9.17, 15) is 4.79 Å². The number of nitrogens with zero attached hydrogens (tertiary/aromatic N) is 4. The van der Waals surface area contributed by atoms with Gasteiger partial charge in [0.05, 0.1) is 34.7 Å². The van der Waals surface area contributed by atoms with Crippen LogP contribution in [0.25, 0.3) is 33.2 Å². The van der Waals surface area contributed by atoms with Crippen molar-refractivity contribution in [1.29, 1.82) is 0 Å². The number of carbonyl (C=O) groups is 1. The van der Waals surface area contributed by atoms with Gasteiger partial charge in [0.1, 0.15) is 17.9 Å². The molecule has 1 aliphatic carbocycles. The maximum absolute atomic E-state index is 12.3. The zero-order valence-corrected chi connectivity index (χ0v) is 19.2. The molecule has 0 radical (unpaired) electrons. The second kappa shape index (κ2) is 8.86. The van der Waals surface area contributed by atoms with Crippen LogP contribution in [-0.4, -0.2) is 57.6 Å². The summed E-state index contributed by atoms with van der Waals surface area (Å²) in [6.07, 6.45) is 9.87. The first-order chi connectivity index (χ1) is 16.0. The molecule has 8 nitrogen and oxygen atoms in total. The molecule has 0 bridgehead atoms. The summed E-state index contributed by atoms with van der Waals surface area (Å²) in [5.74, 6) is -0.0822. The number of hydrogen-bond acceptors (Lipinski definition) is 5. The lowest BCUT2D eigenvalue weighted by molar-refractivity contribution is 0.0997. The number of amides is 1. The summed E-state index contributed by atoms with van der Waals surface area (Å²) in [7, 11) is 3.95. The molecular weight excluding hydrogens is 416 g/mol. The van der Waals surface area contributed by atoms with E-state index in [-0.39, 0.29) is 0 Å². The fourth-order valence-corrected chi connectivity index (χ4v) is 4.85. The predicted molar refractivity (Wildman–Crippen MR) is 130 cm³/mol. The highest BCUT2D eigenvalue weighted by molar-refractivity contribution is 6.10. The highest BCUT2D eigenvalue weighted by Crippen LogP contribution is 2.37. The van der Waals surface area contributed by atoms with E-state index in [0.717, 1.165) is 28.7 Å². The average Bonchev–Trinajstić information content (AvgIpc) is 3.45. The van der Waals surface area contributed by atoms with E-state index in [4.69, 9.17) is 15.5 Å². The zero-order valence-electron chi connectivity index (χ0n) is 19.2. The van der Waals surface area contributed by atoms with Crippen molar-refractivity contribution in [2.45, 2.75) is 38.1 Å². The van der Waals surface area contributed by atoms with Crippen molar-refractivity contribution >= 4 is 28.0 Å². The number of primary amides is 1. The van der Waals surface area contributed by atoms with Crippen LogP contribution in [0.5, 0.6) is 5.75 Å². The van der Waals surface area contributed by atoms with Gasteiger partial charge in [-0.15, -0.1) is 0 Å². The maximum atomic E-state index is 12.3. The minimum atomic E-state index is -0.544. The number of hydrogen-bond donors (Lipinski definition) is 2. The quantitative estimate of drug-likeness (QED) is 0.445. The number of benzene rings is 2. The first-order valence-corrected chi connectivity index (χ1v) is 11.6. The number of aromatic nitrogens is 4. The number of imidazole rings is 2. The van der Waals surface area contributed by atoms with Crippen LogP contribution in [0.4, 0.5) is 0 Å². The van der Waals surface area contributed by atoms with Crippen LogP contribution in [-0.2, 0) is 0 Å². The highest BCUT2D eigenvalue weighted by Gasteiger charge is 2.22. The van der Waals surface area contributed by atoms with Gasteiger partial charge in [-0.1, -0.05) is 25.3 Å². The molecule has 1 amide bonds. The van der Waals surface area contributed by atoms with Gasteiger partial charge in [-0.25, -0.2) is 9.97 Å². The van der Waals surface area contributed by atoms with E-state index in [1.807, 2.05) is 31.4 Å². The Morgan fingerprint density at radius 2 is 2.03 bits per heavy atom. The van der Waals surface area contributed by atoms with E-state index in [1.54, 1.807) is 6.33 Å². The number of carbonyl (C=O) groups excluding carboxylic acids is 1. The molecule has 2 heterocycles. The number of H-pyrrole nitrogens is 1. The third-order valence-corrected chi connectivity index (χ3v) is 6.56. The van der Waals surface area contributed by atoms with Gasteiger partial charge in [-0.2, -0.15) is 0 Å². The van der Waals surface area contributed by atoms with E-state index >= 15 is 0 Å². The summed E-state index contributed by atoms with van der Waals surface area (Å²) in [5.41, 5.74) is 11.3. The van der Waals surface area contributed by atoms with Gasteiger partial charge in [0.2, 0.25) is 0 Å². The minimum Gasteiger partial charge on any atom is -0.491 e. The van der Waals surface area contributed by atoms with E-state index < -0.39 is 5.91 Å². The molecule has 1 aliphatic rings. The van der Waals surface area contributed by atoms with Crippen LogP contribution in [0.1, 0.15) is 48.5 Å². The number of likely N-dealkylation sites (N-methyl/N-ethyl adjacent to an activating group) is 1. The van der Waals surface area contributed by atoms with E-state index in [0.29, 0.717) is 35.0 Å². The number of aromatic amines is 1. The molecule has 3 N–H and O–H groups in total. The normalized spacial score (nSPS) is 15.0. The molecule has 0 spiro atoms. The Morgan fingerprint density at radius 3 is 2.79 bits per heavy atom. The number of ether oxygens (including phenoxy) is 1. The molecule has 33 heavy (non-hydrogen) atoms. The lowest BCUT2D eigenvalue weighted by Crippen LogP contribution is -2.21. The van der Waals surface area contributed by atoms with Gasteiger partial charge in [0.15, 0.2) is 0 Å². The van der Waals surface area contributed by atoms with Gasteiger partial charge in [-0.3, -0.25) is 4.79 Å². The number of nitrogens with two attached hydrogens (primary N) is 1. The Bertz CT molecular complexity index is 1300. The van der Waals surface area contributed by atoms with Crippen LogP contribution in [0, 0.1) is 0 Å². The van der Waals surface area contributed by atoms with Gasteiger partial charge in [0.25, 0.3) is 5.91 Å². The largest absolute Gasteiger partial charge is 0.491 e. The first kappa shape index (κ1) is 21.5. The fourth-order valence-electron chi connectivity index (χ4n) is 4.85. The second-order valence-corrected chi connectivity index (χ2v) is 9.09. The Hall–Kier alpha value is -3.39. The molecule has 5 rings (SSSR count). The number of rotatable bonds is 7. The molecule has 2 aromatic heterocycles. The van der Waals surface area contributed by atoms with Crippen molar-refractivity contribution in [2.75, 3.05) is 27.2 Å². The average molecular weight is 447 g/mol. The lowest BCUT2D eigenvalue weighted by atomic mass is 9.95. The third kappa shape index (κ3) is 4.06. The fraction of sp³-hybridized carbons (Fsp3) is 0.400. The molecule has 172 valence electrons. The monoisotopic (exact) mass is 446 g/mol. The second-order valence-electron chi connectivity index (χ2n) is 9.09. The number of nitrogens with one attached hydrogen (secondary N) is 1. The Balaban J connectivity index is 1.58. The molecule has 1 fully saturated rings. The van der Waals surface area contributed by atoms with Gasteiger partial charge in [-0.05, 0) is 50.7 Å². The van der Waals surface area contributed by atoms with Crippen LogP contribution in [0.15, 0.2) is 36.9 Å². The van der Waals surface area contributed by atoms with E-state index in [1.165, 1.54) is 32.1 Å². The molecule has 2 aromatic carbocycles. The van der Waals surface area contributed by atoms with Crippen molar-refractivity contribution in [3.63, 3.8) is 0 Å². The molecule has 0 atom stereocenters. The third-order valence-electron chi connectivity index (χ3n) is 6.56. The summed E-state index contributed by atoms with van der Waals surface area (Å²) in [6, 6.07) is 8.72. The summed E-state index contributed by atoms with van der Waals surface area (Å²) in [4.78, 5) is 26.6. The van der Waals surface area contributed by atoms with Crippen molar-refractivity contribution in [2.24, 2.45) is 5.73 Å². The summed E-state index contributed by atoms with van der Waals surface area (Å²) in [5, 5.41) is 0. The van der Waals surface area contributed by atoms with Crippen molar-refractivity contribution < 1.29 is 9.53 Å². The van der Waals surface area contributed by atoms with Crippen LogP contribution >= 0.6 is 0 Å².